The van der Waals surface area contributed by atoms with E-state index in [0.717, 1.165) is 59.4 Å². The van der Waals surface area contributed by atoms with Crippen molar-refractivity contribution in [1.29, 1.82) is 0 Å². The van der Waals surface area contributed by atoms with E-state index < -0.39 is 4.92 Å². The summed E-state index contributed by atoms with van der Waals surface area (Å²) in [6.45, 7) is 0.594. The van der Waals surface area contributed by atoms with Crippen LogP contribution >= 0.6 is 11.3 Å². The minimum absolute atomic E-state index is 0.0125. The Balaban J connectivity index is 1.30. The average Bonchev–Trinajstić information content (AvgIpc) is 3.29. The van der Waals surface area contributed by atoms with E-state index in [1.165, 1.54) is 12.1 Å². The van der Waals surface area contributed by atoms with Crippen LogP contribution in [-0.2, 0) is 0 Å². The first-order valence-electron chi connectivity index (χ1n) is 10.8. The topological polar surface area (TPSA) is 100 Å². The third-order valence-corrected chi connectivity index (χ3v) is 6.96. The number of rotatable bonds is 7. The largest absolute Gasteiger partial charge is 0.377 e. The molecule has 1 amide bonds. The molecule has 2 heterocycles. The molecule has 1 aliphatic rings. The van der Waals surface area contributed by atoms with E-state index in [4.69, 9.17) is 4.98 Å². The summed E-state index contributed by atoms with van der Waals surface area (Å²) in [6, 6.07) is 13.5. The molecule has 32 heavy (non-hydrogen) atoms. The molecular weight excluding hydrogens is 426 g/mol. The van der Waals surface area contributed by atoms with Crippen LogP contribution in [0.4, 0.5) is 16.5 Å². The van der Waals surface area contributed by atoms with Gasteiger partial charge in [0.1, 0.15) is 5.82 Å². The van der Waals surface area contributed by atoms with Gasteiger partial charge < -0.3 is 15.5 Å². The van der Waals surface area contributed by atoms with Crippen molar-refractivity contribution in [1.82, 2.24) is 10.3 Å². The lowest BCUT2D eigenvalue weighted by Crippen LogP contribution is -2.33. The van der Waals surface area contributed by atoms with Gasteiger partial charge in [-0.1, -0.05) is 29.5 Å². The zero-order valence-electron chi connectivity index (χ0n) is 18.2. The van der Waals surface area contributed by atoms with E-state index in [0.29, 0.717) is 23.4 Å². The van der Waals surface area contributed by atoms with Gasteiger partial charge in [0.05, 0.1) is 15.3 Å². The van der Waals surface area contributed by atoms with Crippen LogP contribution in [0.25, 0.3) is 10.9 Å². The highest BCUT2D eigenvalue weighted by Gasteiger charge is 2.23. The molecule has 8 nitrogen and oxygen atoms in total. The number of thiophene rings is 1. The van der Waals surface area contributed by atoms with Gasteiger partial charge in [0, 0.05) is 49.9 Å². The van der Waals surface area contributed by atoms with Gasteiger partial charge in [-0.3, -0.25) is 14.9 Å². The molecule has 0 bridgehead atoms. The maximum absolute atomic E-state index is 12.3. The van der Waals surface area contributed by atoms with Crippen molar-refractivity contribution < 1.29 is 9.72 Å². The Hall–Kier alpha value is -3.20. The molecule has 0 radical (unpaired) electrons. The van der Waals surface area contributed by atoms with Crippen molar-refractivity contribution in [2.75, 3.05) is 30.9 Å². The van der Waals surface area contributed by atoms with Crippen LogP contribution in [0.5, 0.6) is 0 Å². The summed E-state index contributed by atoms with van der Waals surface area (Å²) in [5.41, 5.74) is 2.12. The number of nitrogens with one attached hydrogen (secondary N) is 2. The zero-order valence-corrected chi connectivity index (χ0v) is 19.0. The molecule has 0 spiro atoms. The molecule has 0 aliphatic heterocycles. The molecule has 9 heteroatoms. The monoisotopic (exact) mass is 453 g/mol. The number of nitro groups is 1. The smallest absolute Gasteiger partial charge is 0.324 e. The van der Waals surface area contributed by atoms with E-state index in [2.05, 4.69) is 27.7 Å². The molecule has 1 aliphatic carbocycles. The third-order valence-electron chi connectivity index (χ3n) is 5.92. The Morgan fingerprint density at radius 1 is 1.19 bits per heavy atom. The Bertz CT molecular complexity index is 1120. The van der Waals surface area contributed by atoms with E-state index >= 15 is 0 Å². The Kier molecular flexibility index (Phi) is 6.55. The van der Waals surface area contributed by atoms with Gasteiger partial charge in [-0.05, 0) is 43.7 Å². The summed E-state index contributed by atoms with van der Waals surface area (Å²) in [5, 5.41) is 18.5. The number of para-hydroxylation sites is 1. The van der Waals surface area contributed by atoms with Gasteiger partial charge in [0.15, 0.2) is 0 Å². The first-order valence-corrected chi connectivity index (χ1v) is 11.6. The van der Waals surface area contributed by atoms with Crippen molar-refractivity contribution in [3.63, 3.8) is 0 Å². The summed E-state index contributed by atoms with van der Waals surface area (Å²) in [4.78, 5) is 29.9. The molecule has 0 atom stereocenters. The quantitative estimate of drug-likeness (QED) is 0.398. The molecule has 2 N–H and O–H groups in total. The number of hydrogen-bond acceptors (Lipinski definition) is 7. The van der Waals surface area contributed by atoms with Gasteiger partial charge in [-0.25, -0.2) is 4.98 Å². The summed E-state index contributed by atoms with van der Waals surface area (Å²) in [7, 11) is 4.08. The van der Waals surface area contributed by atoms with Crippen molar-refractivity contribution >= 4 is 44.7 Å². The predicted octanol–water partition coefficient (Wildman–Crippen LogP) is 4.67. The highest BCUT2D eigenvalue weighted by molar-refractivity contribution is 7.17. The van der Waals surface area contributed by atoms with Crippen LogP contribution in [0.2, 0.25) is 0 Å². The molecule has 3 aromatic rings. The van der Waals surface area contributed by atoms with Crippen molar-refractivity contribution in [2.24, 2.45) is 5.92 Å². The molecule has 1 aromatic carbocycles. The highest BCUT2D eigenvalue weighted by atomic mass is 32.1. The first kappa shape index (κ1) is 22.0. The van der Waals surface area contributed by atoms with E-state index in [1.54, 1.807) is 0 Å². The fraction of sp³-hybridized carbons (Fsp3) is 0.391. The van der Waals surface area contributed by atoms with Crippen LogP contribution < -0.4 is 15.5 Å². The van der Waals surface area contributed by atoms with Crippen LogP contribution in [-0.4, -0.2) is 42.5 Å². The number of aromatic nitrogens is 1. The van der Waals surface area contributed by atoms with Crippen molar-refractivity contribution in [2.45, 2.75) is 31.7 Å². The van der Waals surface area contributed by atoms with Crippen molar-refractivity contribution in [3.8, 4) is 0 Å². The molecule has 1 saturated carbocycles. The number of benzene rings is 1. The maximum atomic E-state index is 12.3. The second-order valence-electron chi connectivity index (χ2n) is 8.41. The highest BCUT2D eigenvalue weighted by Crippen LogP contribution is 2.30. The van der Waals surface area contributed by atoms with Crippen LogP contribution in [0.1, 0.15) is 35.4 Å². The zero-order chi connectivity index (χ0) is 22.7. The fourth-order valence-corrected chi connectivity index (χ4v) is 4.93. The average molecular weight is 454 g/mol. The molecule has 0 unspecified atom stereocenters. The fourth-order valence-electron chi connectivity index (χ4n) is 4.19. The summed E-state index contributed by atoms with van der Waals surface area (Å²) in [5.74, 6) is 1.07. The van der Waals surface area contributed by atoms with E-state index in [9.17, 15) is 14.9 Å². The Morgan fingerprint density at radius 2 is 1.94 bits per heavy atom. The molecule has 168 valence electrons. The van der Waals surface area contributed by atoms with E-state index in [1.807, 2.05) is 32.3 Å². The lowest BCUT2D eigenvalue weighted by molar-refractivity contribution is -0.380. The van der Waals surface area contributed by atoms with Gasteiger partial charge >= 0.3 is 5.00 Å². The van der Waals surface area contributed by atoms with Crippen LogP contribution in [0.3, 0.4) is 0 Å². The summed E-state index contributed by atoms with van der Waals surface area (Å²) < 4.78 is 0. The molecular formula is C23H27N5O3S. The first-order chi connectivity index (χ1) is 15.4. The second kappa shape index (κ2) is 9.52. The summed E-state index contributed by atoms with van der Waals surface area (Å²) >= 11 is 0.910. The minimum Gasteiger partial charge on any atom is -0.377 e. The van der Waals surface area contributed by atoms with Gasteiger partial charge in [0.2, 0.25) is 0 Å². The number of hydrogen-bond donors (Lipinski definition) is 2. The molecule has 4 rings (SSSR count). The van der Waals surface area contributed by atoms with Gasteiger partial charge in [0.25, 0.3) is 5.91 Å². The van der Waals surface area contributed by atoms with Gasteiger partial charge in [-0.2, -0.15) is 0 Å². The maximum Gasteiger partial charge on any atom is 0.324 e. The van der Waals surface area contributed by atoms with E-state index in [-0.39, 0.29) is 10.9 Å². The molecule has 2 aromatic heterocycles. The molecule has 1 fully saturated rings. The minimum atomic E-state index is -0.471. The number of carbonyl (C=O) groups is 1. The number of anilines is 2. The van der Waals surface area contributed by atoms with Crippen LogP contribution in [0, 0.1) is 16.0 Å². The van der Waals surface area contributed by atoms with Crippen LogP contribution in [0.15, 0.2) is 42.5 Å². The third kappa shape index (κ3) is 4.99. The van der Waals surface area contributed by atoms with Gasteiger partial charge in [-0.15, -0.1) is 0 Å². The number of amides is 1. The summed E-state index contributed by atoms with van der Waals surface area (Å²) in [6.07, 6.45) is 4.04. The molecule has 0 saturated heterocycles. The number of carbonyl (C=O) groups excluding carboxylic acids is 1. The van der Waals surface area contributed by atoms with Crippen molar-refractivity contribution in [3.05, 3.63) is 57.5 Å². The standard InChI is InChI=1S/C23H27N5O3S/c1-27(2)19-13-21(26-18-6-4-3-5-17(18)19)25-16-9-7-15(8-10-16)14-24-23(29)20-11-12-22(32-20)28(30)31/h3-6,11-13,15-16H,7-10,14H2,1-2H3,(H,24,29)(H,25,26). The number of nitrogens with zero attached hydrogens (tertiary/aromatic N) is 3. The lowest BCUT2D eigenvalue weighted by Gasteiger charge is -2.30. The number of fused-ring (bicyclic) bond motifs is 1. The second-order valence-corrected chi connectivity index (χ2v) is 9.47. The normalized spacial score (nSPS) is 18.3. The lowest BCUT2D eigenvalue weighted by atomic mass is 9.86. The number of pyridine rings is 1. The predicted molar refractivity (Wildman–Crippen MR) is 129 cm³/mol. The Labute approximate surface area is 190 Å². The SMILES string of the molecule is CN(C)c1cc(NC2CCC(CNC(=O)c3ccc([N+](=O)[O-])s3)CC2)nc2ccccc12. The Morgan fingerprint density at radius 3 is 2.62 bits per heavy atom.